The molecule has 1 saturated carbocycles. The first-order valence-electron chi connectivity index (χ1n) is 7.44. The Hall–Kier alpha value is -1.19. The molecule has 1 aliphatic rings. The van der Waals surface area contributed by atoms with E-state index in [1.807, 2.05) is 18.2 Å². The lowest BCUT2D eigenvalue weighted by atomic mass is 9.92. The molecule has 1 aliphatic carbocycles. The molecular weight excluding hydrogens is 329 g/mol. The van der Waals surface area contributed by atoms with Gasteiger partial charge in [0, 0.05) is 23.0 Å². The van der Waals surface area contributed by atoms with Crippen molar-refractivity contribution in [3.05, 3.63) is 69.9 Å². The van der Waals surface area contributed by atoms with Gasteiger partial charge in [-0.1, -0.05) is 40.2 Å². The van der Waals surface area contributed by atoms with Gasteiger partial charge in [-0.3, -0.25) is 0 Å². The summed E-state index contributed by atoms with van der Waals surface area (Å²) in [6.07, 6.45) is 3.51. The Balaban J connectivity index is 1.75. The average Bonchev–Trinajstić information content (AvgIpc) is 3.30. The number of rotatable bonds is 6. The van der Waals surface area contributed by atoms with Gasteiger partial charge in [-0.2, -0.15) is 0 Å². The minimum atomic E-state index is -0.172. The highest BCUT2D eigenvalue weighted by atomic mass is 79.9. The third-order valence-corrected chi connectivity index (χ3v) is 4.44. The molecule has 0 amide bonds. The van der Waals surface area contributed by atoms with Crippen LogP contribution in [0.5, 0.6) is 0 Å². The molecule has 1 N–H and O–H groups in total. The molecular formula is C18H19BrFN. The zero-order valence-electron chi connectivity index (χ0n) is 11.9. The van der Waals surface area contributed by atoms with Crippen molar-refractivity contribution in [2.45, 2.75) is 31.2 Å². The van der Waals surface area contributed by atoms with E-state index in [0.29, 0.717) is 12.0 Å². The van der Waals surface area contributed by atoms with Crippen molar-refractivity contribution in [1.82, 2.24) is 5.32 Å². The molecule has 0 heterocycles. The summed E-state index contributed by atoms with van der Waals surface area (Å²) in [6, 6.07) is 16.0. The van der Waals surface area contributed by atoms with Crippen LogP contribution in [0.25, 0.3) is 0 Å². The predicted molar refractivity (Wildman–Crippen MR) is 88.0 cm³/mol. The van der Waals surface area contributed by atoms with E-state index < -0.39 is 0 Å². The molecule has 0 bridgehead atoms. The topological polar surface area (TPSA) is 12.0 Å². The first-order valence-corrected chi connectivity index (χ1v) is 8.23. The van der Waals surface area contributed by atoms with Gasteiger partial charge in [-0.05, 0) is 54.7 Å². The fourth-order valence-electron chi connectivity index (χ4n) is 2.57. The Labute approximate surface area is 133 Å². The van der Waals surface area contributed by atoms with Crippen LogP contribution in [-0.2, 0) is 6.42 Å². The molecule has 0 aliphatic heterocycles. The van der Waals surface area contributed by atoms with Crippen LogP contribution in [0.2, 0.25) is 0 Å². The lowest BCUT2D eigenvalue weighted by Gasteiger charge is -2.19. The van der Waals surface area contributed by atoms with Crippen molar-refractivity contribution in [2.24, 2.45) is 0 Å². The quantitative estimate of drug-likeness (QED) is 0.800. The molecule has 0 spiro atoms. The van der Waals surface area contributed by atoms with Crippen LogP contribution in [0.15, 0.2) is 53.0 Å². The molecule has 21 heavy (non-hydrogen) atoms. The Bertz CT molecular complexity index is 592. The standard InChI is InChI=1S/C18H19BrFN/c19-16-3-1-2-14(11-16)15(12-21-18-8-9-18)10-13-4-6-17(20)7-5-13/h1-7,11,15,18,21H,8-10,12H2. The van der Waals surface area contributed by atoms with E-state index >= 15 is 0 Å². The van der Waals surface area contributed by atoms with Gasteiger partial charge in [0.1, 0.15) is 5.82 Å². The highest BCUT2D eigenvalue weighted by Gasteiger charge is 2.22. The average molecular weight is 348 g/mol. The second-order valence-electron chi connectivity index (χ2n) is 5.77. The molecule has 3 heteroatoms. The smallest absolute Gasteiger partial charge is 0.123 e. The van der Waals surface area contributed by atoms with Crippen LogP contribution in [0.1, 0.15) is 29.9 Å². The van der Waals surface area contributed by atoms with Crippen LogP contribution < -0.4 is 5.32 Å². The van der Waals surface area contributed by atoms with Gasteiger partial charge in [0.05, 0.1) is 0 Å². The maximum absolute atomic E-state index is 13.0. The number of nitrogens with one attached hydrogen (secondary N) is 1. The number of hydrogen-bond acceptors (Lipinski definition) is 1. The molecule has 0 aromatic heterocycles. The van der Waals surface area contributed by atoms with Crippen LogP contribution in [0.4, 0.5) is 4.39 Å². The van der Waals surface area contributed by atoms with Gasteiger partial charge in [-0.25, -0.2) is 4.39 Å². The minimum Gasteiger partial charge on any atom is -0.313 e. The van der Waals surface area contributed by atoms with Crippen LogP contribution in [0.3, 0.4) is 0 Å². The van der Waals surface area contributed by atoms with E-state index in [1.54, 1.807) is 12.1 Å². The summed E-state index contributed by atoms with van der Waals surface area (Å²) in [5.41, 5.74) is 2.50. The molecule has 0 radical (unpaired) electrons. The van der Waals surface area contributed by atoms with Gasteiger partial charge in [0.25, 0.3) is 0 Å². The van der Waals surface area contributed by atoms with Crippen molar-refractivity contribution in [3.8, 4) is 0 Å². The van der Waals surface area contributed by atoms with Crippen molar-refractivity contribution in [2.75, 3.05) is 6.54 Å². The largest absolute Gasteiger partial charge is 0.313 e. The lowest BCUT2D eigenvalue weighted by molar-refractivity contribution is 0.575. The molecule has 0 saturated heterocycles. The summed E-state index contributed by atoms with van der Waals surface area (Å²) in [6.45, 7) is 0.971. The SMILES string of the molecule is Fc1ccc(CC(CNC2CC2)c2cccc(Br)c2)cc1. The van der Waals surface area contributed by atoms with Crippen LogP contribution in [-0.4, -0.2) is 12.6 Å². The second-order valence-corrected chi connectivity index (χ2v) is 6.68. The first-order chi connectivity index (χ1) is 10.2. The van der Waals surface area contributed by atoms with Gasteiger partial charge in [-0.15, -0.1) is 0 Å². The molecule has 3 rings (SSSR count). The summed E-state index contributed by atoms with van der Waals surface area (Å²) < 4.78 is 14.2. The minimum absolute atomic E-state index is 0.172. The van der Waals surface area contributed by atoms with Gasteiger partial charge in [0.15, 0.2) is 0 Å². The van der Waals surface area contributed by atoms with Gasteiger partial charge in [0.2, 0.25) is 0 Å². The van der Waals surface area contributed by atoms with Crippen molar-refractivity contribution in [3.63, 3.8) is 0 Å². The van der Waals surface area contributed by atoms with Crippen LogP contribution >= 0.6 is 15.9 Å². The van der Waals surface area contributed by atoms with E-state index in [9.17, 15) is 4.39 Å². The summed E-state index contributed by atoms with van der Waals surface area (Å²) in [7, 11) is 0. The molecule has 1 unspecified atom stereocenters. The second kappa shape index (κ2) is 6.71. The lowest BCUT2D eigenvalue weighted by Crippen LogP contribution is -2.24. The van der Waals surface area contributed by atoms with E-state index in [-0.39, 0.29) is 5.82 Å². The van der Waals surface area contributed by atoms with E-state index in [0.717, 1.165) is 17.4 Å². The highest BCUT2D eigenvalue weighted by Crippen LogP contribution is 2.26. The third-order valence-electron chi connectivity index (χ3n) is 3.95. The van der Waals surface area contributed by atoms with Crippen LogP contribution in [0, 0.1) is 5.82 Å². The molecule has 1 fully saturated rings. The number of hydrogen-bond donors (Lipinski definition) is 1. The zero-order valence-corrected chi connectivity index (χ0v) is 13.4. The van der Waals surface area contributed by atoms with Crippen molar-refractivity contribution < 1.29 is 4.39 Å². The van der Waals surface area contributed by atoms with Crippen molar-refractivity contribution >= 4 is 15.9 Å². The molecule has 2 aromatic rings. The van der Waals surface area contributed by atoms with Crippen molar-refractivity contribution in [1.29, 1.82) is 0 Å². The number of benzene rings is 2. The fraction of sp³-hybridized carbons (Fsp3) is 0.333. The summed E-state index contributed by atoms with van der Waals surface area (Å²) in [4.78, 5) is 0. The maximum Gasteiger partial charge on any atom is 0.123 e. The monoisotopic (exact) mass is 347 g/mol. The summed E-state index contributed by atoms with van der Waals surface area (Å²) in [5, 5.41) is 3.62. The number of halogens is 2. The highest BCUT2D eigenvalue weighted by molar-refractivity contribution is 9.10. The Morgan fingerprint density at radius 1 is 1.14 bits per heavy atom. The molecule has 1 atom stereocenters. The van der Waals surface area contributed by atoms with E-state index in [4.69, 9.17) is 0 Å². The maximum atomic E-state index is 13.0. The normalized spacial score (nSPS) is 15.9. The molecule has 110 valence electrons. The third kappa shape index (κ3) is 4.39. The Morgan fingerprint density at radius 3 is 2.57 bits per heavy atom. The zero-order chi connectivity index (χ0) is 14.7. The van der Waals surface area contributed by atoms with E-state index in [2.05, 4.69) is 39.4 Å². The Kier molecular flexibility index (Phi) is 4.71. The first kappa shape index (κ1) is 14.7. The summed E-state index contributed by atoms with van der Waals surface area (Å²) in [5.74, 6) is 0.238. The summed E-state index contributed by atoms with van der Waals surface area (Å²) >= 11 is 3.55. The molecule has 2 aromatic carbocycles. The molecule has 1 nitrogen and oxygen atoms in total. The van der Waals surface area contributed by atoms with Gasteiger partial charge < -0.3 is 5.32 Å². The van der Waals surface area contributed by atoms with Gasteiger partial charge >= 0.3 is 0 Å². The predicted octanol–water partition coefficient (Wildman–Crippen LogP) is 4.67. The fourth-order valence-corrected chi connectivity index (χ4v) is 2.99. The Morgan fingerprint density at radius 2 is 1.90 bits per heavy atom. The van der Waals surface area contributed by atoms with E-state index in [1.165, 1.54) is 24.0 Å².